The number of aromatic nitrogens is 2. The highest BCUT2D eigenvalue weighted by Gasteiger charge is 2.24. The summed E-state index contributed by atoms with van der Waals surface area (Å²) >= 11 is 5.96. The summed E-state index contributed by atoms with van der Waals surface area (Å²) in [7, 11) is 0. The monoisotopic (exact) mass is 293 g/mol. The summed E-state index contributed by atoms with van der Waals surface area (Å²) in [6.07, 6.45) is 1.54. The Labute approximate surface area is 119 Å². The number of carboxylic acids is 1. The van der Waals surface area contributed by atoms with Crippen LogP contribution in [0.25, 0.3) is 0 Å². The molecule has 0 radical (unpaired) electrons. The molecule has 0 aliphatic rings. The summed E-state index contributed by atoms with van der Waals surface area (Å²) in [5.74, 6) is -1.60. The summed E-state index contributed by atoms with van der Waals surface area (Å²) < 4.78 is 0. The van der Waals surface area contributed by atoms with Crippen molar-refractivity contribution in [3.05, 3.63) is 52.8 Å². The number of hydrogen-bond donors (Lipinski definition) is 3. The van der Waals surface area contributed by atoms with Crippen LogP contribution in [0.15, 0.2) is 36.5 Å². The minimum atomic E-state index is -1.18. The lowest BCUT2D eigenvalue weighted by Crippen LogP contribution is -2.35. The number of H-pyrrole nitrogens is 1. The molecule has 20 heavy (non-hydrogen) atoms. The number of benzene rings is 1. The van der Waals surface area contributed by atoms with E-state index in [0.717, 1.165) is 0 Å². The van der Waals surface area contributed by atoms with Gasteiger partial charge in [0.1, 0.15) is 0 Å². The first-order chi connectivity index (χ1) is 9.58. The minimum absolute atomic E-state index is 0.0221. The highest BCUT2D eigenvalue weighted by molar-refractivity contribution is 6.31. The molecule has 1 amide bonds. The minimum Gasteiger partial charge on any atom is -0.479 e. The van der Waals surface area contributed by atoms with Gasteiger partial charge in [0.25, 0.3) is 0 Å². The predicted octanol–water partition coefficient (Wildman–Crippen LogP) is 1.55. The van der Waals surface area contributed by atoms with E-state index in [2.05, 4.69) is 15.5 Å². The Morgan fingerprint density at radius 1 is 1.35 bits per heavy atom. The van der Waals surface area contributed by atoms with Crippen LogP contribution in [0.5, 0.6) is 0 Å². The second kappa shape index (κ2) is 6.21. The molecule has 0 saturated carbocycles. The Hall–Kier alpha value is -2.34. The van der Waals surface area contributed by atoms with E-state index in [1.165, 1.54) is 6.20 Å². The lowest BCUT2D eigenvalue weighted by Gasteiger charge is -2.15. The van der Waals surface area contributed by atoms with Crippen molar-refractivity contribution in [1.82, 2.24) is 15.5 Å². The fraction of sp³-hybridized carbons (Fsp3) is 0.154. The standard InChI is InChI=1S/C13H12ClN3O3/c14-10-4-2-1-3-9(10)12(13(19)20)16-11(18)7-8-5-6-15-17-8/h1-6,12H,7H2,(H,15,17)(H,16,18)(H,19,20)/t12-/m1/s1. The zero-order valence-corrected chi connectivity index (χ0v) is 11.1. The van der Waals surface area contributed by atoms with Gasteiger partial charge < -0.3 is 10.4 Å². The van der Waals surface area contributed by atoms with E-state index in [1.807, 2.05) is 0 Å². The van der Waals surface area contributed by atoms with Crippen molar-refractivity contribution in [1.29, 1.82) is 0 Å². The molecule has 1 aromatic carbocycles. The first kappa shape index (κ1) is 14.1. The fourth-order valence-electron chi connectivity index (χ4n) is 1.75. The van der Waals surface area contributed by atoms with E-state index >= 15 is 0 Å². The first-order valence-electron chi connectivity index (χ1n) is 5.83. The van der Waals surface area contributed by atoms with Gasteiger partial charge in [0, 0.05) is 22.5 Å². The molecule has 6 nitrogen and oxygen atoms in total. The number of carbonyl (C=O) groups excluding carboxylic acids is 1. The molecule has 7 heteroatoms. The number of carboxylic acid groups (broad SMARTS) is 1. The van der Waals surface area contributed by atoms with E-state index in [9.17, 15) is 14.7 Å². The molecule has 1 heterocycles. The maximum Gasteiger partial charge on any atom is 0.330 e. The van der Waals surface area contributed by atoms with Gasteiger partial charge in [0.2, 0.25) is 5.91 Å². The van der Waals surface area contributed by atoms with Gasteiger partial charge >= 0.3 is 5.97 Å². The maximum atomic E-state index is 11.8. The number of hydrogen-bond acceptors (Lipinski definition) is 3. The lowest BCUT2D eigenvalue weighted by atomic mass is 10.1. The average Bonchev–Trinajstić information content (AvgIpc) is 2.89. The molecule has 0 fully saturated rings. The molecule has 0 aliphatic heterocycles. The van der Waals surface area contributed by atoms with Crippen LogP contribution in [-0.4, -0.2) is 27.2 Å². The largest absolute Gasteiger partial charge is 0.479 e. The normalized spacial score (nSPS) is 11.8. The Balaban J connectivity index is 2.12. The summed E-state index contributed by atoms with van der Waals surface area (Å²) in [4.78, 5) is 23.1. The molecule has 0 spiro atoms. The highest BCUT2D eigenvalue weighted by atomic mass is 35.5. The van der Waals surface area contributed by atoms with Crippen molar-refractivity contribution in [2.24, 2.45) is 0 Å². The second-order valence-electron chi connectivity index (χ2n) is 4.12. The third-order valence-electron chi connectivity index (χ3n) is 2.68. The van der Waals surface area contributed by atoms with E-state index in [-0.39, 0.29) is 6.42 Å². The predicted molar refractivity (Wildman–Crippen MR) is 72.3 cm³/mol. The number of nitrogens with one attached hydrogen (secondary N) is 2. The third-order valence-corrected chi connectivity index (χ3v) is 3.02. The van der Waals surface area contributed by atoms with Crippen molar-refractivity contribution in [3.63, 3.8) is 0 Å². The van der Waals surface area contributed by atoms with Crippen molar-refractivity contribution in [2.45, 2.75) is 12.5 Å². The maximum absolute atomic E-state index is 11.8. The van der Waals surface area contributed by atoms with Crippen molar-refractivity contribution >= 4 is 23.5 Å². The molecule has 2 rings (SSSR count). The Morgan fingerprint density at radius 3 is 2.70 bits per heavy atom. The van der Waals surface area contributed by atoms with Gasteiger partial charge in [-0.1, -0.05) is 29.8 Å². The number of aromatic amines is 1. The van der Waals surface area contributed by atoms with Gasteiger partial charge in [-0.3, -0.25) is 9.89 Å². The molecule has 2 aromatic rings. The van der Waals surface area contributed by atoms with Crippen molar-refractivity contribution in [3.8, 4) is 0 Å². The van der Waals surface area contributed by atoms with E-state index in [1.54, 1.807) is 30.3 Å². The summed E-state index contributed by atoms with van der Waals surface area (Å²) in [5, 5.41) is 18.3. The van der Waals surface area contributed by atoms with Crippen LogP contribution in [0.1, 0.15) is 17.3 Å². The van der Waals surface area contributed by atoms with Gasteiger partial charge in [-0.2, -0.15) is 5.10 Å². The zero-order valence-electron chi connectivity index (χ0n) is 10.3. The Bertz CT molecular complexity index is 613. The topological polar surface area (TPSA) is 95.1 Å². The number of aliphatic carboxylic acids is 1. The lowest BCUT2D eigenvalue weighted by molar-refractivity contribution is -0.142. The van der Waals surface area contributed by atoms with Crippen LogP contribution in [0, 0.1) is 0 Å². The summed E-state index contributed by atoms with van der Waals surface area (Å²) in [6.45, 7) is 0. The molecule has 3 N–H and O–H groups in total. The summed E-state index contributed by atoms with van der Waals surface area (Å²) in [6, 6.07) is 6.96. The molecule has 1 aromatic heterocycles. The SMILES string of the molecule is O=C(Cc1ccn[nH]1)N[C@@H](C(=O)O)c1ccccc1Cl. The molecule has 0 aliphatic carbocycles. The Morgan fingerprint density at radius 2 is 2.10 bits per heavy atom. The van der Waals surface area contributed by atoms with Crippen LogP contribution in [0.4, 0.5) is 0 Å². The number of rotatable bonds is 5. The molecule has 0 unspecified atom stereocenters. The average molecular weight is 294 g/mol. The quantitative estimate of drug-likeness (QED) is 0.779. The Kier molecular flexibility index (Phi) is 4.37. The second-order valence-corrected chi connectivity index (χ2v) is 4.53. The van der Waals surface area contributed by atoms with Crippen LogP contribution >= 0.6 is 11.6 Å². The van der Waals surface area contributed by atoms with Gasteiger partial charge in [0.15, 0.2) is 6.04 Å². The molecule has 1 atom stereocenters. The van der Waals surface area contributed by atoms with Crippen LogP contribution in [-0.2, 0) is 16.0 Å². The number of nitrogens with zero attached hydrogens (tertiary/aromatic N) is 1. The fourth-order valence-corrected chi connectivity index (χ4v) is 1.99. The van der Waals surface area contributed by atoms with Gasteiger partial charge in [-0.25, -0.2) is 4.79 Å². The van der Waals surface area contributed by atoms with E-state index in [4.69, 9.17) is 11.6 Å². The van der Waals surface area contributed by atoms with Crippen molar-refractivity contribution < 1.29 is 14.7 Å². The third kappa shape index (κ3) is 3.36. The number of amides is 1. The number of halogens is 1. The first-order valence-corrected chi connectivity index (χ1v) is 6.20. The zero-order chi connectivity index (χ0) is 14.5. The highest BCUT2D eigenvalue weighted by Crippen LogP contribution is 2.22. The molecular weight excluding hydrogens is 282 g/mol. The smallest absolute Gasteiger partial charge is 0.330 e. The van der Waals surface area contributed by atoms with E-state index in [0.29, 0.717) is 16.3 Å². The molecule has 104 valence electrons. The van der Waals surface area contributed by atoms with E-state index < -0.39 is 17.9 Å². The van der Waals surface area contributed by atoms with Gasteiger partial charge in [-0.15, -0.1) is 0 Å². The van der Waals surface area contributed by atoms with Crippen LogP contribution in [0.2, 0.25) is 5.02 Å². The number of carbonyl (C=O) groups is 2. The molecular formula is C13H12ClN3O3. The molecule has 0 bridgehead atoms. The van der Waals surface area contributed by atoms with Crippen LogP contribution < -0.4 is 5.32 Å². The molecule has 0 saturated heterocycles. The summed E-state index contributed by atoms with van der Waals surface area (Å²) in [5.41, 5.74) is 0.949. The van der Waals surface area contributed by atoms with Gasteiger partial charge in [0.05, 0.1) is 6.42 Å². The van der Waals surface area contributed by atoms with Gasteiger partial charge in [-0.05, 0) is 12.1 Å². The van der Waals surface area contributed by atoms with Crippen LogP contribution in [0.3, 0.4) is 0 Å². The van der Waals surface area contributed by atoms with Crippen molar-refractivity contribution in [2.75, 3.05) is 0 Å².